The second-order valence-corrected chi connectivity index (χ2v) is 7.98. The van der Waals surface area contributed by atoms with E-state index in [-0.39, 0.29) is 11.5 Å². The Kier molecular flexibility index (Phi) is 4.59. The highest BCUT2D eigenvalue weighted by molar-refractivity contribution is 7.92. The number of anilines is 2. The molecule has 0 saturated carbocycles. The second kappa shape index (κ2) is 5.52. The van der Waals surface area contributed by atoms with Crippen LogP contribution in [0.2, 0.25) is 0 Å². The Morgan fingerprint density at radius 1 is 1.25 bits per heavy atom. The summed E-state index contributed by atoms with van der Waals surface area (Å²) < 4.78 is 31.1. The predicted molar refractivity (Wildman–Crippen MR) is 83.8 cm³/mol. The SMILES string of the molecule is CC(C)Oc1c(N)cc(C(C)(C)C)cc1NS(C)(=O)=O. The molecule has 0 amide bonds. The fraction of sp³-hybridized carbons (Fsp3) is 0.571. The molecule has 0 heterocycles. The van der Waals surface area contributed by atoms with Crippen LogP contribution >= 0.6 is 0 Å². The molecular formula is C14H24N2O3S. The molecule has 1 rings (SSSR count). The van der Waals surface area contributed by atoms with Crippen LogP contribution in [-0.4, -0.2) is 20.8 Å². The van der Waals surface area contributed by atoms with E-state index >= 15 is 0 Å². The molecular weight excluding hydrogens is 276 g/mol. The Labute approximate surface area is 121 Å². The summed E-state index contributed by atoms with van der Waals surface area (Å²) in [5.74, 6) is 0.374. The largest absolute Gasteiger partial charge is 0.487 e. The molecule has 20 heavy (non-hydrogen) atoms. The van der Waals surface area contributed by atoms with E-state index in [2.05, 4.69) is 4.72 Å². The Hall–Kier alpha value is -1.43. The van der Waals surface area contributed by atoms with Gasteiger partial charge >= 0.3 is 0 Å². The highest BCUT2D eigenvalue weighted by Crippen LogP contribution is 2.38. The van der Waals surface area contributed by atoms with Crippen LogP contribution in [0.3, 0.4) is 0 Å². The molecule has 0 atom stereocenters. The number of sulfonamides is 1. The summed E-state index contributed by atoms with van der Waals surface area (Å²) in [6, 6.07) is 3.60. The van der Waals surface area contributed by atoms with Gasteiger partial charge in [0.1, 0.15) is 0 Å². The van der Waals surface area contributed by atoms with Crippen LogP contribution in [0.1, 0.15) is 40.2 Å². The van der Waals surface area contributed by atoms with Gasteiger partial charge in [0.15, 0.2) is 5.75 Å². The van der Waals surface area contributed by atoms with Gasteiger partial charge < -0.3 is 10.5 Å². The molecule has 1 aromatic rings. The van der Waals surface area contributed by atoms with E-state index in [1.807, 2.05) is 40.7 Å². The van der Waals surface area contributed by atoms with Crippen molar-refractivity contribution in [2.45, 2.75) is 46.1 Å². The van der Waals surface area contributed by atoms with Crippen molar-refractivity contribution >= 4 is 21.4 Å². The Bertz CT molecular complexity index is 587. The maximum absolute atomic E-state index is 11.5. The van der Waals surface area contributed by atoms with Gasteiger partial charge in [0.2, 0.25) is 10.0 Å². The molecule has 0 aliphatic carbocycles. The fourth-order valence-corrected chi connectivity index (χ4v) is 2.28. The Morgan fingerprint density at radius 2 is 1.80 bits per heavy atom. The number of hydrogen-bond donors (Lipinski definition) is 2. The highest BCUT2D eigenvalue weighted by atomic mass is 32.2. The molecule has 0 saturated heterocycles. The minimum absolute atomic E-state index is 0.0992. The van der Waals surface area contributed by atoms with Crippen LogP contribution in [0.5, 0.6) is 5.75 Å². The van der Waals surface area contributed by atoms with Crippen LogP contribution in [0.25, 0.3) is 0 Å². The summed E-state index contributed by atoms with van der Waals surface area (Å²) >= 11 is 0. The highest BCUT2D eigenvalue weighted by Gasteiger charge is 2.20. The van der Waals surface area contributed by atoms with E-state index < -0.39 is 10.0 Å². The quantitative estimate of drug-likeness (QED) is 0.838. The van der Waals surface area contributed by atoms with Crippen molar-refractivity contribution in [1.82, 2.24) is 0 Å². The maximum atomic E-state index is 11.5. The molecule has 114 valence electrons. The summed E-state index contributed by atoms with van der Waals surface area (Å²) in [6.07, 6.45) is 1.00. The molecule has 0 spiro atoms. The molecule has 0 fully saturated rings. The molecule has 5 nitrogen and oxygen atoms in total. The minimum atomic E-state index is -3.40. The lowest BCUT2D eigenvalue weighted by Gasteiger charge is -2.24. The van der Waals surface area contributed by atoms with Crippen molar-refractivity contribution in [3.8, 4) is 5.75 Å². The molecule has 6 heteroatoms. The second-order valence-electron chi connectivity index (χ2n) is 6.23. The van der Waals surface area contributed by atoms with E-state index in [4.69, 9.17) is 10.5 Å². The first-order valence-corrected chi connectivity index (χ1v) is 8.38. The summed E-state index contributed by atoms with van der Waals surface area (Å²) in [5.41, 5.74) is 7.64. The van der Waals surface area contributed by atoms with E-state index in [0.29, 0.717) is 17.1 Å². The van der Waals surface area contributed by atoms with Crippen LogP contribution in [0.15, 0.2) is 12.1 Å². The third-order valence-corrected chi connectivity index (χ3v) is 3.22. The summed E-state index contributed by atoms with van der Waals surface area (Å²) in [6.45, 7) is 9.83. The predicted octanol–water partition coefficient (Wildman–Crippen LogP) is 2.73. The van der Waals surface area contributed by atoms with Crippen molar-refractivity contribution in [2.75, 3.05) is 16.7 Å². The molecule has 0 aliphatic heterocycles. The average Bonchev–Trinajstić information content (AvgIpc) is 2.18. The van der Waals surface area contributed by atoms with Crippen molar-refractivity contribution in [3.63, 3.8) is 0 Å². The Balaban J connectivity index is 3.43. The van der Waals surface area contributed by atoms with Crippen LogP contribution < -0.4 is 15.2 Å². The first kappa shape index (κ1) is 16.6. The number of nitrogen functional groups attached to an aromatic ring is 1. The molecule has 0 aliphatic rings. The Morgan fingerprint density at radius 3 is 2.20 bits per heavy atom. The van der Waals surface area contributed by atoms with Gasteiger partial charge in [-0.2, -0.15) is 0 Å². The smallest absolute Gasteiger partial charge is 0.229 e. The lowest BCUT2D eigenvalue weighted by molar-refractivity contribution is 0.245. The monoisotopic (exact) mass is 300 g/mol. The number of ether oxygens (including phenoxy) is 1. The number of hydrogen-bond acceptors (Lipinski definition) is 4. The third-order valence-electron chi connectivity index (χ3n) is 2.63. The first-order chi connectivity index (χ1) is 8.90. The van der Waals surface area contributed by atoms with Crippen molar-refractivity contribution < 1.29 is 13.2 Å². The molecule has 0 radical (unpaired) electrons. The zero-order valence-corrected chi connectivity index (χ0v) is 13.8. The lowest BCUT2D eigenvalue weighted by Crippen LogP contribution is -2.17. The van der Waals surface area contributed by atoms with E-state index in [1.165, 1.54) is 0 Å². The van der Waals surface area contributed by atoms with Gasteiger partial charge in [0.25, 0.3) is 0 Å². The minimum Gasteiger partial charge on any atom is -0.487 e. The molecule has 0 bridgehead atoms. The molecule has 0 unspecified atom stereocenters. The van der Waals surface area contributed by atoms with Gasteiger partial charge in [0, 0.05) is 0 Å². The van der Waals surface area contributed by atoms with Gasteiger partial charge in [-0.25, -0.2) is 8.42 Å². The number of benzene rings is 1. The standard InChI is InChI=1S/C14H24N2O3S/c1-9(2)19-13-11(15)7-10(14(3,4)5)8-12(13)16-20(6,17)18/h7-9,16H,15H2,1-6H3. The normalized spacial score (nSPS) is 12.6. The van der Waals surface area contributed by atoms with Crippen LogP contribution in [0, 0.1) is 0 Å². The average molecular weight is 300 g/mol. The first-order valence-electron chi connectivity index (χ1n) is 6.48. The van der Waals surface area contributed by atoms with Gasteiger partial charge in [-0.3, -0.25) is 4.72 Å². The topological polar surface area (TPSA) is 81.4 Å². The van der Waals surface area contributed by atoms with Gasteiger partial charge in [-0.05, 0) is 37.0 Å². The maximum Gasteiger partial charge on any atom is 0.229 e. The molecule has 0 aromatic heterocycles. The van der Waals surface area contributed by atoms with Crippen molar-refractivity contribution in [2.24, 2.45) is 0 Å². The number of nitrogens with one attached hydrogen (secondary N) is 1. The molecule has 3 N–H and O–H groups in total. The van der Waals surface area contributed by atoms with Crippen LogP contribution in [-0.2, 0) is 15.4 Å². The number of nitrogens with two attached hydrogens (primary N) is 1. The van der Waals surface area contributed by atoms with E-state index in [0.717, 1.165) is 11.8 Å². The lowest BCUT2D eigenvalue weighted by atomic mass is 9.86. The number of rotatable bonds is 4. The van der Waals surface area contributed by atoms with Crippen molar-refractivity contribution in [3.05, 3.63) is 17.7 Å². The van der Waals surface area contributed by atoms with Crippen molar-refractivity contribution in [1.29, 1.82) is 0 Å². The van der Waals surface area contributed by atoms with Gasteiger partial charge in [0.05, 0.1) is 23.7 Å². The molecule has 1 aromatic carbocycles. The van der Waals surface area contributed by atoms with E-state index in [1.54, 1.807) is 6.07 Å². The van der Waals surface area contributed by atoms with E-state index in [9.17, 15) is 8.42 Å². The summed E-state index contributed by atoms with van der Waals surface area (Å²) in [4.78, 5) is 0. The zero-order valence-electron chi connectivity index (χ0n) is 12.9. The third kappa shape index (κ3) is 4.59. The summed E-state index contributed by atoms with van der Waals surface area (Å²) in [5, 5.41) is 0. The van der Waals surface area contributed by atoms with Crippen LogP contribution in [0.4, 0.5) is 11.4 Å². The summed E-state index contributed by atoms with van der Waals surface area (Å²) in [7, 11) is -3.40. The van der Waals surface area contributed by atoms with Gasteiger partial charge in [-0.15, -0.1) is 0 Å². The zero-order chi connectivity index (χ0) is 15.7. The van der Waals surface area contributed by atoms with Gasteiger partial charge in [-0.1, -0.05) is 20.8 Å². The fourth-order valence-electron chi connectivity index (χ4n) is 1.73.